The monoisotopic (exact) mass is 147 g/mol. The standard InChI is InChI=1S/C7H13N.ClH/c1-6-4-7(2-3-7)5-8-6;/h6,8H,2-5H2,1H3;1H/t6-;/m0./s1. The van der Waals surface area contributed by atoms with Crippen molar-refractivity contribution in [3.8, 4) is 0 Å². The molecular formula is C7H14ClN. The fraction of sp³-hybridized carbons (Fsp3) is 1.00. The Hall–Kier alpha value is 0.250. The van der Waals surface area contributed by atoms with Gasteiger partial charge >= 0.3 is 0 Å². The Kier molecular flexibility index (Phi) is 1.75. The summed E-state index contributed by atoms with van der Waals surface area (Å²) in [5.74, 6) is 0. The van der Waals surface area contributed by atoms with Crippen molar-refractivity contribution in [3.63, 3.8) is 0 Å². The minimum absolute atomic E-state index is 0. The predicted octanol–water partition coefficient (Wildman–Crippen LogP) is 1.57. The van der Waals surface area contributed by atoms with Gasteiger partial charge in [-0.15, -0.1) is 12.4 Å². The third kappa shape index (κ3) is 1.22. The van der Waals surface area contributed by atoms with Crippen LogP contribution in [-0.2, 0) is 0 Å². The smallest absolute Gasteiger partial charge is 0.00447 e. The van der Waals surface area contributed by atoms with Crippen LogP contribution < -0.4 is 5.32 Å². The van der Waals surface area contributed by atoms with Gasteiger partial charge in [-0.1, -0.05) is 0 Å². The Labute approximate surface area is 62.6 Å². The van der Waals surface area contributed by atoms with Gasteiger partial charge in [0.15, 0.2) is 0 Å². The molecule has 0 aromatic carbocycles. The maximum absolute atomic E-state index is 3.47. The molecular weight excluding hydrogens is 134 g/mol. The van der Waals surface area contributed by atoms with E-state index >= 15 is 0 Å². The number of nitrogens with one attached hydrogen (secondary N) is 1. The van der Waals surface area contributed by atoms with Crippen molar-refractivity contribution in [1.82, 2.24) is 5.32 Å². The van der Waals surface area contributed by atoms with E-state index < -0.39 is 0 Å². The van der Waals surface area contributed by atoms with Crippen molar-refractivity contribution >= 4 is 12.4 Å². The zero-order valence-electron chi connectivity index (χ0n) is 5.81. The summed E-state index contributed by atoms with van der Waals surface area (Å²) in [4.78, 5) is 0. The van der Waals surface area contributed by atoms with Crippen LogP contribution in [0.1, 0.15) is 26.2 Å². The molecule has 2 aliphatic rings. The van der Waals surface area contributed by atoms with Gasteiger partial charge in [-0.3, -0.25) is 0 Å². The van der Waals surface area contributed by atoms with E-state index in [1.807, 2.05) is 0 Å². The predicted molar refractivity (Wildman–Crippen MR) is 41.0 cm³/mol. The average Bonchev–Trinajstić information content (AvgIpc) is 2.34. The van der Waals surface area contributed by atoms with E-state index in [-0.39, 0.29) is 12.4 Å². The van der Waals surface area contributed by atoms with Crippen molar-refractivity contribution in [3.05, 3.63) is 0 Å². The summed E-state index contributed by atoms with van der Waals surface area (Å²) in [6.45, 7) is 3.58. The summed E-state index contributed by atoms with van der Waals surface area (Å²) < 4.78 is 0. The van der Waals surface area contributed by atoms with Crippen LogP contribution in [0.2, 0.25) is 0 Å². The van der Waals surface area contributed by atoms with Crippen LogP contribution in [0.5, 0.6) is 0 Å². The van der Waals surface area contributed by atoms with Crippen molar-refractivity contribution < 1.29 is 0 Å². The second-order valence-corrected chi connectivity index (χ2v) is 3.49. The summed E-state index contributed by atoms with van der Waals surface area (Å²) in [6, 6.07) is 0.803. The van der Waals surface area contributed by atoms with Crippen molar-refractivity contribution in [1.29, 1.82) is 0 Å². The number of halogens is 1. The van der Waals surface area contributed by atoms with Crippen LogP contribution in [0, 0.1) is 5.41 Å². The SMILES string of the molecule is C[C@H]1CC2(CC2)CN1.Cl. The van der Waals surface area contributed by atoms with Crippen LogP contribution in [0.15, 0.2) is 0 Å². The lowest BCUT2D eigenvalue weighted by Gasteiger charge is -1.99. The van der Waals surface area contributed by atoms with E-state index in [1.165, 1.54) is 25.8 Å². The van der Waals surface area contributed by atoms with Crippen LogP contribution in [0.3, 0.4) is 0 Å². The van der Waals surface area contributed by atoms with Crippen LogP contribution in [0.25, 0.3) is 0 Å². The largest absolute Gasteiger partial charge is 0.314 e. The Bertz CT molecular complexity index is 109. The molecule has 1 saturated carbocycles. The fourth-order valence-corrected chi connectivity index (χ4v) is 1.74. The van der Waals surface area contributed by atoms with Gasteiger partial charge in [0.2, 0.25) is 0 Å². The van der Waals surface area contributed by atoms with Gasteiger partial charge in [0, 0.05) is 12.6 Å². The number of hydrogen-bond donors (Lipinski definition) is 1. The average molecular weight is 148 g/mol. The van der Waals surface area contributed by atoms with Crippen molar-refractivity contribution in [2.75, 3.05) is 6.54 Å². The van der Waals surface area contributed by atoms with Gasteiger partial charge < -0.3 is 5.32 Å². The van der Waals surface area contributed by atoms with E-state index in [9.17, 15) is 0 Å². The normalized spacial score (nSPS) is 36.3. The quantitative estimate of drug-likeness (QED) is 0.549. The highest BCUT2D eigenvalue weighted by Crippen LogP contribution is 2.51. The minimum atomic E-state index is 0. The zero-order chi connectivity index (χ0) is 5.61. The second-order valence-electron chi connectivity index (χ2n) is 3.49. The topological polar surface area (TPSA) is 12.0 Å². The van der Waals surface area contributed by atoms with Crippen molar-refractivity contribution in [2.24, 2.45) is 5.41 Å². The third-order valence-electron chi connectivity index (χ3n) is 2.52. The maximum atomic E-state index is 3.47. The van der Waals surface area contributed by atoms with Gasteiger partial charge in [0.1, 0.15) is 0 Å². The summed E-state index contributed by atoms with van der Waals surface area (Å²) in [5.41, 5.74) is 0.805. The molecule has 2 fully saturated rings. The molecule has 1 heterocycles. The highest BCUT2D eigenvalue weighted by atomic mass is 35.5. The van der Waals surface area contributed by atoms with Gasteiger partial charge in [-0.25, -0.2) is 0 Å². The summed E-state index contributed by atoms with van der Waals surface area (Å²) in [7, 11) is 0. The highest BCUT2D eigenvalue weighted by molar-refractivity contribution is 5.85. The Morgan fingerprint density at radius 3 is 2.33 bits per heavy atom. The molecule has 0 aromatic rings. The Morgan fingerprint density at radius 1 is 1.44 bits per heavy atom. The summed E-state index contributed by atoms with van der Waals surface area (Å²) in [6.07, 6.45) is 4.42. The van der Waals surface area contributed by atoms with Crippen LogP contribution in [0.4, 0.5) is 0 Å². The van der Waals surface area contributed by atoms with Gasteiger partial charge in [0.25, 0.3) is 0 Å². The van der Waals surface area contributed by atoms with Crippen LogP contribution >= 0.6 is 12.4 Å². The lowest BCUT2D eigenvalue weighted by Crippen LogP contribution is -2.16. The zero-order valence-corrected chi connectivity index (χ0v) is 6.63. The lowest BCUT2D eigenvalue weighted by atomic mass is 10.0. The third-order valence-corrected chi connectivity index (χ3v) is 2.52. The van der Waals surface area contributed by atoms with E-state index in [0.29, 0.717) is 0 Å². The molecule has 1 aliphatic carbocycles. The van der Waals surface area contributed by atoms with E-state index in [2.05, 4.69) is 12.2 Å². The molecule has 2 rings (SSSR count). The first-order chi connectivity index (χ1) is 3.81. The molecule has 0 aromatic heterocycles. The Balaban J connectivity index is 0.000000405. The molecule has 0 bridgehead atoms. The highest BCUT2D eigenvalue weighted by Gasteiger charge is 2.46. The molecule has 0 amide bonds. The first-order valence-corrected chi connectivity index (χ1v) is 3.54. The van der Waals surface area contributed by atoms with Gasteiger partial charge in [-0.2, -0.15) is 0 Å². The minimum Gasteiger partial charge on any atom is -0.314 e. The Morgan fingerprint density at radius 2 is 2.11 bits per heavy atom. The summed E-state index contributed by atoms with van der Waals surface area (Å²) in [5, 5.41) is 3.47. The maximum Gasteiger partial charge on any atom is 0.00447 e. The number of rotatable bonds is 0. The second kappa shape index (κ2) is 2.14. The van der Waals surface area contributed by atoms with Gasteiger partial charge in [-0.05, 0) is 31.6 Å². The van der Waals surface area contributed by atoms with Crippen molar-refractivity contribution in [2.45, 2.75) is 32.2 Å². The molecule has 0 unspecified atom stereocenters. The molecule has 1 nitrogen and oxygen atoms in total. The summed E-state index contributed by atoms with van der Waals surface area (Å²) >= 11 is 0. The first-order valence-electron chi connectivity index (χ1n) is 3.54. The molecule has 1 N–H and O–H groups in total. The van der Waals surface area contributed by atoms with E-state index in [0.717, 1.165) is 11.5 Å². The number of hydrogen-bond acceptors (Lipinski definition) is 1. The van der Waals surface area contributed by atoms with E-state index in [4.69, 9.17) is 0 Å². The molecule has 9 heavy (non-hydrogen) atoms. The first kappa shape index (κ1) is 7.36. The molecule has 1 aliphatic heterocycles. The molecule has 0 radical (unpaired) electrons. The molecule has 1 saturated heterocycles. The fourth-order valence-electron chi connectivity index (χ4n) is 1.74. The molecule has 2 heteroatoms. The molecule has 1 spiro atoms. The molecule has 54 valence electrons. The lowest BCUT2D eigenvalue weighted by molar-refractivity contribution is 0.557. The van der Waals surface area contributed by atoms with Crippen LogP contribution in [-0.4, -0.2) is 12.6 Å². The van der Waals surface area contributed by atoms with E-state index in [1.54, 1.807) is 0 Å². The van der Waals surface area contributed by atoms with Gasteiger partial charge in [0.05, 0.1) is 0 Å². The molecule has 1 atom stereocenters.